The Hall–Kier alpha value is -3.64. The molecule has 182 valence electrons. The van der Waals surface area contributed by atoms with E-state index in [2.05, 4.69) is 16.0 Å². The van der Waals surface area contributed by atoms with Gasteiger partial charge in [-0.2, -0.15) is 5.26 Å². The van der Waals surface area contributed by atoms with Gasteiger partial charge in [-0.25, -0.2) is 4.98 Å². The van der Waals surface area contributed by atoms with E-state index in [-0.39, 0.29) is 23.9 Å². The lowest BCUT2D eigenvalue weighted by Gasteiger charge is -2.35. The largest absolute Gasteiger partial charge is 0.497 e. The number of Topliss-reactive ketones (excluding diaryl/α,β-unsaturated/α-hetero) is 1. The summed E-state index contributed by atoms with van der Waals surface area (Å²) in [5.74, 6) is 1.56. The molecule has 0 bridgehead atoms. The van der Waals surface area contributed by atoms with Crippen molar-refractivity contribution in [2.24, 2.45) is 11.7 Å². The van der Waals surface area contributed by atoms with Gasteiger partial charge in [0.15, 0.2) is 5.78 Å². The van der Waals surface area contributed by atoms with E-state index >= 15 is 0 Å². The Kier molecular flexibility index (Phi) is 6.31. The highest BCUT2D eigenvalue weighted by Gasteiger charge is 2.30. The van der Waals surface area contributed by atoms with Crippen LogP contribution in [0.25, 0.3) is 11.0 Å². The Labute approximate surface area is 203 Å². The van der Waals surface area contributed by atoms with Crippen LogP contribution in [-0.4, -0.2) is 46.1 Å². The van der Waals surface area contributed by atoms with Gasteiger partial charge < -0.3 is 19.9 Å². The molecule has 3 heterocycles. The first kappa shape index (κ1) is 23.1. The average Bonchev–Trinajstić information content (AvgIpc) is 3.17. The Morgan fingerprint density at radius 2 is 2.11 bits per heavy atom. The van der Waals surface area contributed by atoms with Crippen molar-refractivity contribution in [3.8, 4) is 11.8 Å². The summed E-state index contributed by atoms with van der Waals surface area (Å²) in [5, 5.41) is 10.1. The highest BCUT2D eigenvalue weighted by Crippen LogP contribution is 2.36. The van der Waals surface area contributed by atoms with Gasteiger partial charge in [-0.3, -0.25) is 14.2 Å². The Morgan fingerprint density at radius 1 is 1.29 bits per heavy atom. The molecule has 0 unspecified atom stereocenters. The van der Waals surface area contributed by atoms with Crippen LogP contribution in [-0.2, 0) is 13.1 Å². The fourth-order valence-corrected chi connectivity index (χ4v) is 5.15. The number of nitrogens with zero attached hydrogens (tertiary/aromatic N) is 5. The van der Waals surface area contributed by atoms with Crippen molar-refractivity contribution in [1.29, 1.82) is 5.26 Å². The predicted molar refractivity (Wildman–Crippen MR) is 133 cm³/mol. The standard InChI is InChI=1S/C26H30N6O3/c1-35-20-9-3-7-18(11-20)22(33)15-31-16-29-23-21(12-27)25(30-10-4-8-19(28)14-30)32(24(23)26(31)34)13-17-5-2-6-17/h3,7,9,11,16-17,19H,2,4-6,8,10,13-15,28H2,1H3/t19-/m1/s1. The van der Waals surface area contributed by atoms with Gasteiger partial charge in [-0.15, -0.1) is 0 Å². The summed E-state index contributed by atoms with van der Waals surface area (Å²) in [6.45, 7) is 1.93. The number of fused-ring (bicyclic) bond motifs is 1. The van der Waals surface area contributed by atoms with Gasteiger partial charge in [0.2, 0.25) is 0 Å². The maximum atomic E-state index is 13.7. The molecule has 2 aliphatic rings. The van der Waals surface area contributed by atoms with E-state index in [1.807, 2.05) is 4.57 Å². The molecule has 5 rings (SSSR count). The summed E-state index contributed by atoms with van der Waals surface area (Å²) in [6.07, 6.45) is 6.63. The van der Waals surface area contributed by atoms with Crippen LogP contribution in [0.5, 0.6) is 5.75 Å². The second kappa shape index (κ2) is 9.55. The molecular weight excluding hydrogens is 444 g/mol. The van der Waals surface area contributed by atoms with Crippen molar-refractivity contribution in [2.45, 2.75) is 51.2 Å². The molecule has 0 spiro atoms. The number of anilines is 1. The van der Waals surface area contributed by atoms with Crippen molar-refractivity contribution in [2.75, 3.05) is 25.1 Å². The summed E-state index contributed by atoms with van der Waals surface area (Å²) < 4.78 is 8.54. The molecular formula is C26H30N6O3. The van der Waals surface area contributed by atoms with E-state index in [0.717, 1.165) is 38.0 Å². The van der Waals surface area contributed by atoms with Crippen LogP contribution in [0.3, 0.4) is 0 Å². The van der Waals surface area contributed by atoms with E-state index in [1.165, 1.54) is 17.3 Å². The second-order valence-corrected chi connectivity index (χ2v) is 9.60. The third-order valence-corrected chi connectivity index (χ3v) is 7.24. The number of methoxy groups -OCH3 is 1. The Bertz CT molecular complexity index is 1360. The number of ketones is 1. The molecule has 2 N–H and O–H groups in total. The molecule has 3 aromatic rings. The number of piperidine rings is 1. The number of carbonyl (C=O) groups is 1. The molecule has 0 radical (unpaired) electrons. The van der Waals surface area contributed by atoms with Crippen LogP contribution >= 0.6 is 0 Å². The first-order chi connectivity index (χ1) is 17.0. The van der Waals surface area contributed by atoms with Gasteiger partial charge in [0.05, 0.1) is 20.0 Å². The molecule has 1 aromatic carbocycles. The number of hydrogen-bond acceptors (Lipinski definition) is 7. The summed E-state index contributed by atoms with van der Waals surface area (Å²) in [7, 11) is 1.54. The van der Waals surface area contributed by atoms with E-state index in [4.69, 9.17) is 10.5 Å². The van der Waals surface area contributed by atoms with Gasteiger partial charge in [0.1, 0.15) is 34.2 Å². The highest BCUT2D eigenvalue weighted by atomic mass is 16.5. The summed E-state index contributed by atoms with van der Waals surface area (Å²) in [5.41, 5.74) is 7.61. The zero-order valence-electron chi connectivity index (χ0n) is 19.9. The third kappa shape index (κ3) is 4.30. The second-order valence-electron chi connectivity index (χ2n) is 9.60. The SMILES string of the molecule is COc1cccc(C(=O)Cn2cnc3c(C#N)c(N4CCC[C@@H](N)C4)n(CC4CCC4)c3c2=O)c1. The summed E-state index contributed by atoms with van der Waals surface area (Å²) >= 11 is 0. The fourth-order valence-electron chi connectivity index (χ4n) is 5.15. The molecule has 0 amide bonds. The lowest BCUT2D eigenvalue weighted by Crippen LogP contribution is -2.44. The predicted octanol–water partition coefficient (Wildman–Crippen LogP) is 2.69. The smallest absolute Gasteiger partial charge is 0.278 e. The molecule has 1 saturated carbocycles. The molecule has 1 aliphatic heterocycles. The van der Waals surface area contributed by atoms with Crippen LogP contribution < -0.4 is 20.9 Å². The first-order valence-corrected chi connectivity index (χ1v) is 12.2. The minimum Gasteiger partial charge on any atom is -0.497 e. The minimum absolute atomic E-state index is 0.0237. The average molecular weight is 475 g/mol. The summed E-state index contributed by atoms with van der Waals surface area (Å²) in [6, 6.07) is 9.20. The maximum absolute atomic E-state index is 13.7. The number of benzene rings is 1. The number of nitrogens with two attached hydrogens (primary N) is 1. The van der Waals surface area contributed by atoms with Crippen molar-refractivity contribution in [3.63, 3.8) is 0 Å². The number of hydrogen-bond donors (Lipinski definition) is 1. The lowest BCUT2D eigenvalue weighted by atomic mass is 9.85. The van der Waals surface area contributed by atoms with Gasteiger partial charge in [-0.05, 0) is 43.7 Å². The Morgan fingerprint density at radius 3 is 2.80 bits per heavy atom. The normalized spacial score (nSPS) is 18.3. The topological polar surface area (TPSA) is 119 Å². The van der Waals surface area contributed by atoms with Crippen LogP contribution in [0.4, 0.5) is 5.82 Å². The van der Waals surface area contributed by atoms with Crippen LogP contribution in [0.2, 0.25) is 0 Å². The van der Waals surface area contributed by atoms with Crippen molar-refractivity contribution >= 4 is 22.6 Å². The van der Waals surface area contributed by atoms with Crippen LogP contribution in [0.1, 0.15) is 48.0 Å². The first-order valence-electron chi connectivity index (χ1n) is 12.2. The number of ether oxygens (including phenoxy) is 1. The highest BCUT2D eigenvalue weighted by molar-refractivity contribution is 5.96. The van der Waals surface area contributed by atoms with E-state index in [0.29, 0.717) is 46.9 Å². The molecule has 2 aromatic heterocycles. The number of rotatable bonds is 7. The molecule has 35 heavy (non-hydrogen) atoms. The fraction of sp³-hybridized carbons (Fsp3) is 0.462. The van der Waals surface area contributed by atoms with Gasteiger partial charge in [0, 0.05) is 31.2 Å². The monoisotopic (exact) mass is 474 g/mol. The molecule has 9 heteroatoms. The number of aromatic nitrogens is 3. The van der Waals surface area contributed by atoms with Crippen molar-refractivity contribution < 1.29 is 9.53 Å². The van der Waals surface area contributed by atoms with Crippen LogP contribution in [0.15, 0.2) is 35.4 Å². The van der Waals surface area contributed by atoms with Gasteiger partial charge in [-0.1, -0.05) is 18.6 Å². The van der Waals surface area contributed by atoms with E-state index in [9.17, 15) is 14.9 Å². The molecule has 2 fully saturated rings. The summed E-state index contributed by atoms with van der Waals surface area (Å²) in [4.78, 5) is 33.4. The van der Waals surface area contributed by atoms with E-state index in [1.54, 1.807) is 31.4 Å². The number of carbonyl (C=O) groups excluding carboxylic acids is 1. The van der Waals surface area contributed by atoms with Crippen LogP contribution in [0, 0.1) is 17.2 Å². The zero-order chi connectivity index (χ0) is 24.5. The third-order valence-electron chi connectivity index (χ3n) is 7.24. The Balaban J connectivity index is 1.60. The molecule has 1 atom stereocenters. The van der Waals surface area contributed by atoms with Gasteiger partial charge in [0.25, 0.3) is 5.56 Å². The van der Waals surface area contributed by atoms with Crippen molar-refractivity contribution in [1.82, 2.24) is 14.1 Å². The van der Waals surface area contributed by atoms with Crippen molar-refractivity contribution in [3.05, 3.63) is 52.1 Å². The minimum atomic E-state index is -0.311. The van der Waals surface area contributed by atoms with E-state index < -0.39 is 0 Å². The quantitative estimate of drug-likeness (QED) is 0.523. The number of nitriles is 1. The lowest BCUT2D eigenvalue weighted by molar-refractivity contribution is 0.0970. The van der Waals surface area contributed by atoms with Gasteiger partial charge >= 0.3 is 0 Å². The zero-order valence-corrected chi connectivity index (χ0v) is 19.9. The maximum Gasteiger partial charge on any atom is 0.278 e. The molecule has 9 nitrogen and oxygen atoms in total. The molecule has 1 saturated heterocycles. The molecule has 1 aliphatic carbocycles.